The molecule has 0 atom stereocenters. The highest BCUT2D eigenvalue weighted by Crippen LogP contribution is 2.30. The number of anilines is 1. The summed E-state index contributed by atoms with van der Waals surface area (Å²) in [6.45, 7) is 11.0. The highest BCUT2D eigenvalue weighted by Gasteiger charge is 2.37. The van der Waals surface area contributed by atoms with Crippen molar-refractivity contribution in [2.24, 2.45) is 0 Å². The van der Waals surface area contributed by atoms with E-state index >= 15 is 0 Å². The molecule has 0 radical (unpaired) electrons. The van der Waals surface area contributed by atoms with Gasteiger partial charge in [0, 0.05) is 22.8 Å². The van der Waals surface area contributed by atoms with Crippen molar-refractivity contribution in [3.05, 3.63) is 16.9 Å². The number of halogens is 1. The quantitative estimate of drug-likeness (QED) is 0.839. The molecule has 0 spiro atoms. The predicted octanol–water partition coefficient (Wildman–Crippen LogP) is 3.41. The number of nitrogens with one attached hydrogen (secondary N) is 2. The summed E-state index contributed by atoms with van der Waals surface area (Å²) in [5, 5.41) is 7.64. The van der Waals surface area contributed by atoms with Gasteiger partial charge in [0.1, 0.15) is 5.15 Å². The Hall–Kier alpha value is -0.870. The normalized spacial score (nSPS) is 21.7. The van der Waals surface area contributed by atoms with E-state index in [2.05, 4.69) is 55.2 Å². The molecule has 1 aliphatic heterocycles. The Balaban J connectivity index is 2.15. The zero-order valence-corrected chi connectivity index (χ0v) is 13.8. The fraction of sp³-hybridized carbons (Fsp3) is 0.733. The van der Waals surface area contributed by atoms with Crippen molar-refractivity contribution < 1.29 is 0 Å². The smallest absolute Gasteiger partial charge is 0.224 e. The van der Waals surface area contributed by atoms with Crippen molar-refractivity contribution in [2.45, 2.75) is 71.0 Å². The van der Waals surface area contributed by atoms with E-state index in [-0.39, 0.29) is 11.1 Å². The largest absolute Gasteiger partial charge is 0.351 e. The third-order valence-corrected chi connectivity index (χ3v) is 3.83. The molecule has 1 saturated heterocycles. The van der Waals surface area contributed by atoms with E-state index in [1.54, 1.807) is 0 Å². The van der Waals surface area contributed by atoms with Crippen molar-refractivity contribution in [3.63, 3.8) is 0 Å². The van der Waals surface area contributed by atoms with E-state index in [1.807, 2.05) is 6.07 Å². The van der Waals surface area contributed by atoms with Crippen LogP contribution in [-0.4, -0.2) is 27.1 Å². The molecule has 1 aliphatic rings. The molecule has 20 heavy (non-hydrogen) atoms. The van der Waals surface area contributed by atoms with E-state index in [9.17, 15) is 0 Å². The second kappa shape index (κ2) is 5.49. The minimum Gasteiger partial charge on any atom is -0.351 e. The van der Waals surface area contributed by atoms with Gasteiger partial charge in [0.15, 0.2) is 0 Å². The van der Waals surface area contributed by atoms with Gasteiger partial charge in [-0.2, -0.15) is 0 Å². The van der Waals surface area contributed by atoms with Crippen LogP contribution in [0.5, 0.6) is 0 Å². The topological polar surface area (TPSA) is 49.8 Å². The van der Waals surface area contributed by atoms with Crippen molar-refractivity contribution in [1.29, 1.82) is 0 Å². The Labute approximate surface area is 126 Å². The molecule has 0 aromatic carbocycles. The van der Waals surface area contributed by atoms with Gasteiger partial charge >= 0.3 is 0 Å². The van der Waals surface area contributed by atoms with Crippen molar-refractivity contribution in [2.75, 3.05) is 5.32 Å². The average Bonchev–Trinajstić information content (AvgIpc) is 2.23. The van der Waals surface area contributed by atoms with Crippen molar-refractivity contribution in [3.8, 4) is 0 Å². The molecule has 1 fully saturated rings. The third-order valence-electron chi connectivity index (χ3n) is 3.63. The van der Waals surface area contributed by atoms with Crippen LogP contribution in [0.15, 0.2) is 6.07 Å². The van der Waals surface area contributed by atoms with Gasteiger partial charge in [0.25, 0.3) is 0 Å². The van der Waals surface area contributed by atoms with E-state index in [0.29, 0.717) is 17.1 Å². The monoisotopic (exact) mass is 296 g/mol. The summed E-state index contributed by atoms with van der Waals surface area (Å²) in [5.74, 6) is 0.646. The zero-order valence-electron chi connectivity index (χ0n) is 13.0. The van der Waals surface area contributed by atoms with E-state index in [0.717, 1.165) is 25.0 Å². The standard InChI is InChI=1S/C15H25ClN4/c1-6-10-7-12(16)19-13(17-10)18-11-8-14(2,3)20-15(4,5)9-11/h7,11,20H,6,8-9H2,1-5H3,(H,17,18,19). The summed E-state index contributed by atoms with van der Waals surface area (Å²) in [7, 11) is 0. The third kappa shape index (κ3) is 4.06. The van der Waals surface area contributed by atoms with Gasteiger partial charge in [-0.25, -0.2) is 9.97 Å². The Kier molecular flexibility index (Phi) is 4.26. The summed E-state index contributed by atoms with van der Waals surface area (Å²) < 4.78 is 0. The lowest BCUT2D eigenvalue weighted by atomic mass is 9.80. The van der Waals surface area contributed by atoms with E-state index in [1.165, 1.54) is 0 Å². The van der Waals surface area contributed by atoms with Crippen LogP contribution in [0.2, 0.25) is 5.15 Å². The average molecular weight is 297 g/mol. The number of piperidine rings is 1. The first-order chi connectivity index (χ1) is 9.19. The van der Waals surface area contributed by atoms with Crippen LogP contribution in [0.25, 0.3) is 0 Å². The van der Waals surface area contributed by atoms with Gasteiger partial charge < -0.3 is 10.6 Å². The van der Waals surface area contributed by atoms with E-state index in [4.69, 9.17) is 11.6 Å². The summed E-state index contributed by atoms with van der Waals surface area (Å²) >= 11 is 6.06. The maximum Gasteiger partial charge on any atom is 0.224 e. The number of hydrogen-bond acceptors (Lipinski definition) is 4. The Morgan fingerprint density at radius 1 is 1.25 bits per heavy atom. The number of aromatic nitrogens is 2. The summed E-state index contributed by atoms with van der Waals surface area (Å²) in [4.78, 5) is 8.81. The van der Waals surface area contributed by atoms with Crippen molar-refractivity contribution >= 4 is 17.5 Å². The van der Waals surface area contributed by atoms with Crippen LogP contribution in [0.3, 0.4) is 0 Å². The Morgan fingerprint density at radius 2 is 1.85 bits per heavy atom. The van der Waals surface area contributed by atoms with Crippen LogP contribution in [0.1, 0.15) is 53.2 Å². The molecular formula is C15H25ClN4. The lowest BCUT2D eigenvalue weighted by molar-refractivity contribution is 0.170. The summed E-state index contributed by atoms with van der Waals surface area (Å²) in [6.07, 6.45) is 2.93. The molecule has 0 aliphatic carbocycles. The molecule has 5 heteroatoms. The summed E-state index contributed by atoms with van der Waals surface area (Å²) in [5.41, 5.74) is 1.18. The highest BCUT2D eigenvalue weighted by atomic mass is 35.5. The molecule has 1 aromatic heterocycles. The maximum absolute atomic E-state index is 6.06. The van der Waals surface area contributed by atoms with Crippen LogP contribution >= 0.6 is 11.6 Å². The zero-order chi connectivity index (χ0) is 15.0. The summed E-state index contributed by atoms with van der Waals surface area (Å²) in [6, 6.07) is 2.17. The molecule has 1 aromatic rings. The maximum atomic E-state index is 6.06. The van der Waals surface area contributed by atoms with Gasteiger partial charge in [0.2, 0.25) is 5.95 Å². The second-order valence-electron chi connectivity index (χ2n) is 7.00. The SMILES string of the molecule is CCc1cc(Cl)nc(NC2CC(C)(C)NC(C)(C)C2)n1. The van der Waals surface area contributed by atoms with Gasteiger partial charge in [-0.15, -0.1) is 0 Å². The molecule has 0 bridgehead atoms. The number of hydrogen-bond donors (Lipinski definition) is 2. The molecule has 0 saturated carbocycles. The lowest BCUT2D eigenvalue weighted by Crippen LogP contribution is -2.60. The fourth-order valence-corrected chi connectivity index (χ4v) is 3.52. The first-order valence-electron chi connectivity index (χ1n) is 7.28. The predicted molar refractivity (Wildman–Crippen MR) is 84.4 cm³/mol. The first-order valence-corrected chi connectivity index (χ1v) is 7.66. The first kappa shape index (κ1) is 15.5. The fourth-order valence-electron chi connectivity index (χ4n) is 3.32. The number of aryl methyl sites for hydroxylation is 1. The highest BCUT2D eigenvalue weighted by molar-refractivity contribution is 6.29. The molecule has 112 valence electrons. The molecule has 2 rings (SSSR count). The van der Waals surface area contributed by atoms with Crippen LogP contribution in [0.4, 0.5) is 5.95 Å². The minimum absolute atomic E-state index is 0.103. The molecule has 4 nitrogen and oxygen atoms in total. The van der Waals surface area contributed by atoms with Gasteiger partial charge in [0.05, 0.1) is 0 Å². The number of nitrogens with zero attached hydrogens (tertiary/aromatic N) is 2. The van der Waals surface area contributed by atoms with Crippen LogP contribution < -0.4 is 10.6 Å². The van der Waals surface area contributed by atoms with Crippen LogP contribution in [0, 0.1) is 0 Å². The molecule has 2 heterocycles. The second-order valence-corrected chi connectivity index (χ2v) is 7.39. The molecule has 0 unspecified atom stereocenters. The van der Waals surface area contributed by atoms with Crippen molar-refractivity contribution in [1.82, 2.24) is 15.3 Å². The molecular weight excluding hydrogens is 272 g/mol. The van der Waals surface area contributed by atoms with E-state index < -0.39 is 0 Å². The lowest BCUT2D eigenvalue weighted by Gasteiger charge is -2.46. The Bertz CT molecular complexity index is 469. The molecule has 2 N–H and O–H groups in total. The number of rotatable bonds is 3. The van der Waals surface area contributed by atoms with Crippen LogP contribution in [-0.2, 0) is 6.42 Å². The molecule has 0 amide bonds. The van der Waals surface area contributed by atoms with Gasteiger partial charge in [-0.3, -0.25) is 0 Å². The van der Waals surface area contributed by atoms with Gasteiger partial charge in [-0.05, 0) is 53.0 Å². The Morgan fingerprint density at radius 3 is 2.40 bits per heavy atom. The van der Waals surface area contributed by atoms with Gasteiger partial charge in [-0.1, -0.05) is 18.5 Å². The minimum atomic E-state index is 0.103.